The molecule has 10 heteroatoms. The molecule has 2 aromatic carbocycles. The van der Waals surface area contributed by atoms with E-state index < -0.39 is 11.6 Å². The van der Waals surface area contributed by atoms with Crippen LogP contribution >= 0.6 is 0 Å². The zero-order valence-corrected chi connectivity index (χ0v) is 15.7. The van der Waals surface area contributed by atoms with Gasteiger partial charge in [-0.1, -0.05) is 12.1 Å². The molecule has 30 heavy (non-hydrogen) atoms. The first-order valence-corrected chi connectivity index (χ1v) is 8.79. The molecule has 0 aliphatic carbocycles. The van der Waals surface area contributed by atoms with Gasteiger partial charge < -0.3 is 11.1 Å². The van der Waals surface area contributed by atoms with Gasteiger partial charge in [-0.05, 0) is 46.3 Å². The van der Waals surface area contributed by atoms with Gasteiger partial charge in [-0.15, -0.1) is 5.10 Å². The minimum Gasteiger partial charge on any atom is -0.383 e. The third-order valence-corrected chi connectivity index (χ3v) is 4.26. The predicted octanol–water partition coefficient (Wildman–Crippen LogP) is 3.21. The van der Waals surface area contributed by atoms with Crippen LogP contribution in [0.4, 0.5) is 20.3 Å². The summed E-state index contributed by atoms with van der Waals surface area (Å²) in [7, 11) is 0. The van der Waals surface area contributed by atoms with Gasteiger partial charge in [0.15, 0.2) is 5.82 Å². The van der Waals surface area contributed by atoms with Crippen molar-refractivity contribution in [2.75, 3.05) is 11.1 Å². The Hall–Kier alpha value is -4.21. The van der Waals surface area contributed by atoms with Crippen molar-refractivity contribution >= 4 is 17.4 Å². The van der Waals surface area contributed by atoms with E-state index in [0.717, 1.165) is 23.8 Å². The van der Waals surface area contributed by atoms with Crippen LogP contribution in [0.2, 0.25) is 0 Å². The molecule has 0 atom stereocenters. The third kappa shape index (κ3) is 3.83. The molecule has 0 saturated heterocycles. The Morgan fingerprint density at radius 3 is 2.40 bits per heavy atom. The zero-order chi connectivity index (χ0) is 21.3. The second kappa shape index (κ2) is 7.66. The van der Waals surface area contributed by atoms with Crippen molar-refractivity contribution in [1.82, 2.24) is 25.2 Å². The second-order valence-electron chi connectivity index (χ2n) is 6.46. The highest BCUT2D eigenvalue weighted by Crippen LogP contribution is 2.30. The maximum absolute atomic E-state index is 13.6. The van der Waals surface area contributed by atoms with Crippen molar-refractivity contribution in [3.8, 4) is 28.2 Å². The van der Waals surface area contributed by atoms with E-state index in [9.17, 15) is 13.6 Å². The van der Waals surface area contributed by atoms with Gasteiger partial charge in [0.2, 0.25) is 5.91 Å². The predicted molar refractivity (Wildman–Crippen MR) is 106 cm³/mol. The van der Waals surface area contributed by atoms with Crippen molar-refractivity contribution < 1.29 is 13.6 Å². The van der Waals surface area contributed by atoms with Gasteiger partial charge in [0, 0.05) is 30.4 Å². The first kappa shape index (κ1) is 19.1. The lowest BCUT2D eigenvalue weighted by molar-refractivity contribution is -0.114. The number of amides is 1. The summed E-state index contributed by atoms with van der Waals surface area (Å²) >= 11 is 0. The molecule has 0 radical (unpaired) electrons. The number of carbonyl (C=O) groups is 1. The summed E-state index contributed by atoms with van der Waals surface area (Å²) in [4.78, 5) is 15.4. The van der Waals surface area contributed by atoms with Crippen molar-refractivity contribution in [2.45, 2.75) is 6.92 Å². The number of pyridine rings is 1. The second-order valence-corrected chi connectivity index (χ2v) is 6.46. The molecule has 2 heterocycles. The molecular weight excluding hydrogens is 392 g/mol. The number of aromatic nitrogens is 5. The molecule has 0 fully saturated rings. The van der Waals surface area contributed by atoms with E-state index in [0.29, 0.717) is 16.8 Å². The highest BCUT2D eigenvalue weighted by Gasteiger charge is 2.17. The number of nitrogens with zero attached hydrogens (tertiary/aromatic N) is 5. The summed E-state index contributed by atoms with van der Waals surface area (Å²) in [6, 6.07) is 11.8. The maximum Gasteiger partial charge on any atom is 0.221 e. The largest absolute Gasteiger partial charge is 0.383 e. The van der Waals surface area contributed by atoms with Crippen LogP contribution in [0.25, 0.3) is 28.2 Å². The molecule has 8 nitrogen and oxygen atoms in total. The first-order valence-electron chi connectivity index (χ1n) is 8.79. The minimum atomic E-state index is -0.759. The summed E-state index contributed by atoms with van der Waals surface area (Å²) in [6.07, 6.45) is 1.59. The molecular formula is C20H15F2N7O. The van der Waals surface area contributed by atoms with Crippen molar-refractivity contribution in [3.05, 3.63) is 66.4 Å². The molecule has 4 rings (SSSR count). The van der Waals surface area contributed by atoms with E-state index in [-0.39, 0.29) is 23.2 Å². The minimum absolute atomic E-state index is 0.108. The topological polar surface area (TPSA) is 112 Å². The number of carbonyl (C=O) groups excluding carboxylic acids is 1. The van der Waals surface area contributed by atoms with E-state index in [2.05, 4.69) is 25.8 Å². The number of hydrogen-bond acceptors (Lipinski definition) is 6. The highest BCUT2D eigenvalue weighted by atomic mass is 19.1. The van der Waals surface area contributed by atoms with Crippen LogP contribution in [0, 0.1) is 11.6 Å². The van der Waals surface area contributed by atoms with Gasteiger partial charge >= 0.3 is 0 Å². The molecule has 150 valence electrons. The summed E-state index contributed by atoms with van der Waals surface area (Å²) in [6.45, 7) is 1.43. The van der Waals surface area contributed by atoms with E-state index >= 15 is 0 Å². The summed E-state index contributed by atoms with van der Waals surface area (Å²) < 4.78 is 28.5. The Balaban J connectivity index is 1.75. The lowest BCUT2D eigenvalue weighted by Crippen LogP contribution is -2.05. The van der Waals surface area contributed by atoms with Crippen molar-refractivity contribution in [1.29, 1.82) is 0 Å². The molecule has 4 aromatic rings. The molecule has 0 aliphatic rings. The monoisotopic (exact) mass is 407 g/mol. The SMILES string of the molecule is CC(=O)Nc1ccc(-c2cnc(N)c(-c3nnnn3-c3cc(F)cc(F)c3)c2)cc1. The van der Waals surface area contributed by atoms with E-state index in [1.54, 1.807) is 24.4 Å². The molecule has 0 aliphatic heterocycles. The van der Waals surface area contributed by atoms with Crippen LogP contribution in [0.1, 0.15) is 6.92 Å². The zero-order valence-electron chi connectivity index (χ0n) is 15.7. The summed E-state index contributed by atoms with van der Waals surface area (Å²) in [5.74, 6) is -1.35. The number of nitrogen functional groups attached to an aromatic ring is 1. The third-order valence-electron chi connectivity index (χ3n) is 4.26. The van der Waals surface area contributed by atoms with Gasteiger partial charge in [0.25, 0.3) is 0 Å². The van der Waals surface area contributed by atoms with Gasteiger partial charge in [-0.3, -0.25) is 4.79 Å². The lowest BCUT2D eigenvalue weighted by Gasteiger charge is -2.10. The Labute approximate surface area is 169 Å². The van der Waals surface area contributed by atoms with Gasteiger partial charge in [0.05, 0.1) is 11.3 Å². The molecule has 0 bridgehead atoms. The Bertz CT molecular complexity index is 1220. The van der Waals surface area contributed by atoms with Crippen LogP contribution in [-0.4, -0.2) is 31.1 Å². The smallest absolute Gasteiger partial charge is 0.221 e. The molecule has 1 amide bonds. The average molecular weight is 407 g/mol. The number of nitrogens with two attached hydrogens (primary N) is 1. The fraction of sp³-hybridized carbons (Fsp3) is 0.0500. The number of nitrogens with one attached hydrogen (secondary N) is 1. The number of anilines is 2. The quantitative estimate of drug-likeness (QED) is 0.537. The van der Waals surface area contributed by atoms with Gasteiger partial charge in [0.1, 0.15) is 17.5 Å². The summed E-state index contributed by atoms with van der Waals surface area (Å²) in [5, 5.41) is 14.1. The van der Waals surface area contributed by atoms with E-state index in [1.165, 1.54) is 11.6 Å². The van der Waals surface area contributed by atoms with Crippen LogP contribution in [-0.2, 0) is 4.79 Å². The molecule has 0 unspecified atom stereocenters. The standard InChI is InChI=1S/C20H15F2N7O/c1-11(30)25-16-4-2-12(3-5-16)13-6-18(19(23)24-10-13)20-26-27-28-29(20)17-8-14(21)7-15(22)9-17/h2-10H,1H3,(H2,23,24)(H,25,30). The van der Waals surface area contributed by atoms with Crippen LogP contribution in [0.3, 0.4) is 0 Å². The van der Waals surface area contributed by atoms with Crippen LogP contribution in [0.15, 0.2) is 54.7 Å². The molecule has 0 spiro atoms. The fourth-order valence-corrected chi connectivity index (χ4v) is 2.95. The summed E-state index contributed by atoms with van der Waals surface area (Å²) in [5.41, 5.74) is 8.72. The Kier molecular flexibility index (Phi) is 4.88. The maximum atomic E-state index is 13.6. The number of benzene rings is 2. The number of hydrogen-bond donors (Lipinski definition) is 2. The first-order chi connectivity index (χ1) is 14.4. The number of halogens is 2. The normalized spacial score (nSPS) is 10.8. The van der Waals surface area contributed by atoms with Crippen LogP contribution < -0.4 is 11.1 Å². The molecule has 0 saturated carbocycles. The van der Waals surface area contributed by atoms with Crippen molar-refractivity contribution in [2.24, 2.45) is 0 Å². The fourth-order valence-electron chi connectivity index (χ4n) is 2.95. The van der Waals surface area contributed by atoms with Gasteiger partial charge in [-0.2, -0.15) is 4.68 Å². The highest BCUT2D eigenvalue weighted by molar-refractivity contribution is 5.89. The van der Waals surface area contributed by atoms with Crippen molar-refractivity contribution in [3.63, 3.8) is 0 Å². The number of tetrazole rings is 1. The Morgan fingerprint density at radius 1 is 1.03 bits per heavy atom. The molecule has 2 aromatic heterocycles. The van der Waals surface area contributed by atoms with Gasteiger partial charge in [-0.25, -0.2) is 13.8 Å². The lowest BCUT2D eigenvalue weighted by atomic mass is 10.0. The van der Waals surface area contributed by atoms with E-state index in [1.807, 2.05) is 12.1 Å². The van der Waals surface area contributed by atoms with Crippen LogP contribution in [0.5, 0.6) is 0 Å². The molecule has 3 N–H and O–H groups in total. The Morgan fingerprint density at radius 2 is 1.73 bits per heavy atom. The average Bonchev–Trinajstić information content (AvgIpc) is 3.17. The number of rotatable bonds is 4. The van der Waals surface area contributed by atoms with E-state index in [4.69, 9.17) is 5.73 Å².